The van der Waals surface area contributed by atoms with Crippen LogP contribution in [0.5, 0.6) is 0 Å². The third kappa shape index (κ3) is 4.81. The van der Waals surface area contributed by atoms with E-state index in [1.165, 1.54) is 16.7 Å². The van der Waals surface area contributed by atoms with Crippen LogP contribution in [0.15, 0.2) is 34.2 Å². The fraction of sp³-hybridized carbons (Fsp3) is 0.526. The van der Waals surface area contributed by atoms with E-state index in [0.29, 0.717) is 29.1 Å². The molecule has 0 aliphatic carbocycles. The van der Waals surface area contributed by atoms with Crippen LogP contribution in [0.1, 0.15) is 19.4 Å². The van der Waals surface area contributed by atoms with Gasteiger partial charge in [0.25, 0.3) is 5.56 Å². The minimum Gasteiger partial charge on any atom is -0.383 e. The number of hydrogen-bond donors (Lipinski definition) is 0. The first kappa shape index (κ1) is 21.8. The largest absolute Gasteiger partial charge is 0.383 e. The number of aromatic nitrogens is 2. The summed E-state index contributed by atoms with van der Waals surface area (Å²) in [5.41, 5.74) is 0.397. The molecule has 8 nitrogen and oxygen atoms in total. The number of methoxy groups -OCH3 is 1. The number of amides is 1. The fourth-order valence-corrected chi connectivity index (χ4v) is 6.24. The second-order valence-electron chi connectivity index (χ2n) is 7.24. The molecule has 1 aliphatic rings. The maximum absolute atomic E-state index is 13.0. The second-order valence-corrected chi connectivity index (χ2v) is 10.4. The van der Waals surface area contributed by atoms with Gasteiger partial charge in [-0.2, -0.15) is 0 Å². The summed E-state index contributed by atoms with van der Waals surface area (Å²) in [6.07, 6.45) is 0.457. The van der Waals surface area contributed by atoms with Crippen LogP contribution in [0.4, 0.5) is 0 Å². The summed E-state index contributed by atoms with van der Waals surface area (Å²) in [5.74, 6) is -0.00490. The molecule has 2 heterocycles. The number of rotatable bonds is 7. The highest BCUT2D eigenvalue weighted by Crippen LogP contribution is 2.23. The number of para-hydroxylation sites is 1. The first-order valence-corrected chi connectivity index (χ1v) is 12.1. The first-order chi connectivity index (χ1) is 13.7. The van der Waals surface area contributed by atoms with Gasteiger partial charge in [-0.05, 0) is 25.5 Å². The van der Waals surface area contributed by atoms with Crippen LogP contribution in [0.25, 0.3) is 10.9 Å². The number of sulfone groups is 1. The molecule has 3 rings (SSSR count). The highest BCUT2D eigenvalue weighted by Gasteiger charge is 2.32. The molecular formula is C19H25N3O5S2. The van der Waals surface area contributed by atoms with Crippen molar-refractivity contribution in [1.29, 1.82) is 0 Å². The summed E-state index contributed by atoms with van der Waals surface area (Å²) >= 11 is 1.18. The van der Waals surface area contributed by atoms with Gasteiger partial charge in [0.2, 0.25) is 5.91 Å². The van der Waals surface area contributed by atoms with Crippen LogP contribution in [-0.2, 0) is 19.4 Å². The third-order valence-corrected chi connectivity index (χ3v) is 7.79. The quantitative estimate of drug-likeness (QED) is 0.474. The van der Waals surface area contributed by atoms with E-state index in [4.69, 9.17) is 4.74 Å². The summed E-state index contributed by atoms with van der Waals surface area (Å²) in [6, 6.07) is 6.55. The van der Waals surface area contributed by atoms with Gasteiger partial charge in [0.05, 0.1) is 40.8 Å². The van der Waals surface area contributed by atoms with E-state index < -0.39 is 9.84 Å². The molecule has 0 spiro atoms. The topological polar surface area (TPSA) is 98.6 Å². The molecule has 2 aromatic rings. The molecule has 158 valence electrons. The van der Waals surface area contributed by atoms with Gasteiger partial charge >= 0.3 is 0 Å². The lowest BCUT2D eigenvalue weighted by atomic mass is 10.2. The van der Waals surface area contributed by atoms with E-state index in [0.717, 1.165) is 0 Å². The Bertz CT molecular complexity index is 1070. The molecule has 1 fully saturated rings. The van der Waals surface area contributed by atoms with Crippen LogP contribution >= 0.6 is 11.8 Å². The molecule has 0 bridgehead atoms. The molecule has 0 N–H and O–H groups in total. The van der Waals surface area contributed by atoms with Crippen molar-refractivity contribution >= 4 is 38.4 Å². The molecule has 1 aliphatic heterocycles. The Morgan fingerprint density at radius 3 is 2.79 bits per heavy atom. The minimum atomic E-state index is -3.07. The zero-order chi connectivity index (χ0) is 21.2. The van der Waals surface area contributed by atoms with E-state index in [1.54, 1.807) is 36.9 Å². The van der Waals surface area contributed by atoms with E-state index in [2.05, 4.69) is 4.98 Å². The lowest BCUT2D eigenvalue weighted by Gasteiger charge is -2.24. The van der Waals surface area contributed by atoms with Crippen molar-refractivity contribution in [3.8, 4) is 0 Å². The second kappa shape index (κ2) is 8.85. The van der Waals surface area contributed by atoms with E-state index in [9.17, 15) is 18.0 Å². The zero-order valence-electron chi connectivity index (χ0n) is 16.7. The van der Waals surface area contributed by atoms with Gasteiger partial charge < -0.3 is 9.64 Å². The van der Waals surface area contributed by atoms with Gasteiger partial charge in [0, 0.05) is 20.2 Å². The van der Waals surface area contributed by atoms with Crippen molar-refractivity contribution in [3.63, 3.8) is 0 Å². The lowest BCUT2D eigenvalue weighted by molar-refractivity contribution is -0.128. The van der Waals surface area contributed by atoms with Gasteiger partial charge in [0.15, 0.2) is 15.0 Å². The lowest BCUT2D eigenvalue weighted by Crippen LogP contribution is -2.39. The van der Waals surface area contributed by atoms with Crippen LogP contribution < -0.4 is 5.56 Å². The maximum atomic E-state index is 13.0. The van der Waals surface area contributed by atoms with Gasteiger partial charge in [0.1, 0.15) is 0 Å². The number of carbonyl (C=O) groups excluding carboxylic acids is 1. The number of hydrogen-bond acceptors (Lipinski definition) is 7. The van der Waals surface area contributed by atoms with Crippen LogP contribution in [0, 0.1) is 0 Å². The number of carbonyl (C=O) groups is 1. The average Bonchev–Trinajstić information content (AvgIpc) is 3.05. The number of benzene rings is 1. The zero-order valence-corrected chi connectivity index (χ0v) is 18.3. The normalized spacial score (nSPS) is 19.3. The van der Waals surface area contributed by atoms with Gasteiger partial charge in [-0.15, -0.1) is 0 Å². The molecule has 29 heavy (non-hydrogen) atoms. The van der Waals surface area contributed by atoms with Crippen molar-refractivity contribution in [3.05, 3.63) is 34.6 Å². The average molecular weight is 440 g/mol. The van der Waals surface area contributed by atoms with Crippen molar-refractivity contribution in [1.82, 2.24) is 14.5 Å². The number of ether oxygens (including phenoxy) is 1. The SMILES string of the molecule is COC[C@@H](C)n1c(SCC(=O)N(C)[C@@H]2CCS(=O)(=O)C2)nc2ccccc2c1=O. The highest BCUT2D eigenvalue weighted by molar-refractivity contribution is 7.99. The van der Waals surface area contributed by atoms with Crippen LogP contribution in [0.2, 0.25) is 0 Å². The fourth-order valence-electron chi connectivity index (χ4n) is 3.44. The predicted molar refractivity (Wildman–Crippen MR) is 113 cm³/mol. The van der Waals surface area contributed by atoms with E-state index in [-0.39, 0.29) is 40.8 Å². The summed E-state index contributed by atoms with van der Waals surface area (Å²) < 4.78 is 30.1. The van der Waals surface area contributed by atoms with Crippen LogP contribution in [0.3, 0.4) is 0 Å². The minimum absolute atomic E-state index is 0.00368. The van der Waals surface area contributed by atoms with E-state index >= 15 is 0 Å². The number of nitrogens with zero attached hydrogens (tertiary/aromatic N) is 3. The molecule has 1 aromatic heterocycles. The highest BCUT2D eigenvalue weighted by atomic mass is 32.2. The molecule has 1 saturated heterocycles. The van der Waals surface area contributed by atoms with Crippen LogP contribution in [-0.4, -0.2) is 72.8 Å². The maximum Gasteiger partial charge on any atom is 0.262 e. The molecule has 10 heteroatoms. The Kier molecular flexibility index (Phi) is 6.65. The molecule has 1 amide bonds. The molecule has 2 atom stereocenters. The Balaban J connectivity index is 1.84. The van der Waals surface area contributed by atoms with Crippen molar-refractivity contribution in [2.45, 2.75) is 30.6 Å². The molecule has 1 aromatic carbocycles. The van der Waals surface area contributed by atoms with Gasteiger partial charge in [-0.3, -0.25) is 14.2 Å². The van der Waals surface area contributed by atoms with Crippen molar-refractivity contribution < 1.29 is 17.9 Å². The first-order valence-electron chi connectivity index (χ1n) is 9.32. The number of fused-ring (bicyclic) bond motifs is 1. The molecule has 0 unspecified atom stereocenters. The Hall–Kier alpha value is -1.91. The standard InChI is InChI=1S/C19H25N3O5S2/c1-13(10-27-3)22-18(24)15-6-4-5-7-16(15)20-19(22)28-11-17(23)21(2)14-8-9-29(25,26)12-14/h4-7,13-14H,8-12H2,1-3H3/t13-,14-/m1/s1. The van der Waals surface area contributed by atoms with E-state index in [1.807, 2.05) is 13.0 Å². The van der Waals surface area contributed by atoms with Crippen molar-refractivity contribution in [2.75, 3.05) is 38.0 Å². The molecular weight excluding hydrogens is 414 g/mol. The van der Waals surface area contributed by atoms with Gasteiger partial charge in [-0.25, -0.2) is 13.4 Å². The molecule has 0 radical (unpaired) electrons. The Labute approximate surface area is 174 Å². The summed E-state index contributed by atoms with van der Waals surface area (Å²) in [6.45, 7) is 2.20. The summed E-state index contributed by atoms with van der Waals surface area (Å²) in [5, 5.41) is 0.957. The van der Waals surface area contributed by atoms with Crippen molar-refractivity contribution in [2.24, 2.45) is 0 Å². The summed E-state index contributed by atoms with van der Waals surface area (Å²) in [4.78, 5) is 31.8. The Morgan fingerprint density at radius 1 is 1.41 bits per heavy atom. The van der Waals surface area contributed by atoms with Gasteiger partial charge in [-0.1, -0.05) is 23.9 Å². The third-order valence-electron chi connectivity index (χ3n) is 5.10. The summed E-state index contributed by atoms with van der Waals surface area (Å²) in [7, 11) is 0.127. The monoisotopic (exact) mass is 439 g/mol. The predicted octanol–water partition coefficient (Wildman–Crippen LogP) is 1.34. The number of thioether (sulfide) groups is 1. The Morgan fingerprint density at radius 2 is 2.14 bits per heavy atom. The molecule has 0 saturated carbocycles. The smallest absolute Gasteiger partial charge is 0.262 e.